The summed E-state index contributed by atoms with van der Waals surface area (Å²) < 4.78 is 16.3. The highest BCUT2D eigenvalue weighted by Crippen LogP contribution is 2.30. The number of nitrogens with zero attached hydrogens (tertiary/aromatic N) is 1. The lowest BCUT2D eigenvalue weighted by Crippen LogP contribution is -2.15. The number of ether oxygens (including phenoxy) is 3. The van der Waals surface area contributed by atoms with E-state index in [2.05, 4.69) is 9.72 Å². The highest BCUT2D eigenvalue weighted by Gasteiger charge is 2.21. The summed E-state index contributed by atoms with van der Waals surface area (Å²) in [5.74, 6) is 0.00722. The van der Waals surface area contributed by atoms with Crippen LogP contribution in [0.5, 0.6) is 11.5 Å². The topological polar surface area (TPSA) is 77.9 Å². The third-order valence-corrected chi connectivity index (χ3v) is 4.03. The Morgan fingerprint density at radius 2 is 1.46 bits per heavy atom. The van der Waals surface area contributed by atoms with Crippen molar-refractivity contribution < 1.29 is 24.1 Å². The van der Waals surface area contributed by atoms with E-state index in [-0.39, 0.29) is 5.69 Å². The highest BCUT2D eigenvalue weighted by molar-refractivity contribution is 5.75. The van der Waals surface area contributed by atoms with Gasteiger partial charge in [-0.1, -0.05) is 60.7 Å². The number of carbonyl (C=O) groups is 1. The van der Waals surface area contributed by atoms with Crippen molar-refractivity contribution in [2.45, 2.75) is 19.3 Å². The minimum atomic E-state index is -1.49. The first-order valence-corrected chi connectivity index (χ1v) is 8.76. The van der Waals surface area contributed by atoms with Gasteiger partial charge in [0.25, 0.3) is 0 Å². The van der Waals surface area contributed by atoms with E-state index < -0.39 is 12.1 Å². The molecule has 6 nitrogen and oxygen atoms in total. The molecule has 0 aliphatic rings. The largest absolute Gasteiger partial charge is 0.485 e. The van der Waals surface area contributed by atoms with Crippen molar-refractivity contribution in [2.75, 3.05) is 7.11 Å². The molecule has 3 rings (SSSR count). The third kappa shape index (κ3) is 5.08. The Morgan fingerprint density at radius 3 is 2.00 bits per heavy atom. The molecule has 6 heteroatoms. The molecule has 1 aromatic heterocycles. The van der Waals surface area contributed by atoms with Gasteiger partial charge >= 0.3 is 5.97 Å². The smallest absolute Gasteiger partial charge is 0.341 e. The van der Waals surface area contributed by atoms with E-state index in [1.807, 2.05) is 60.7 Å². The van der Waals surface area contributed by atoms with Gasteiger partial charge in [-0.15, -0.1) is 0 Å². The van der Waals surface area contributed by atoms with Crippen LogP contribution in [0.4, 0.5) is 0 Å². The van der Waals surface area contributed by atoms with Crippen LogP contribution in [0.1, 0.15) is 22.9 Å². The molecule has 0 bridgehead atoms. The molecule has 0 aliphatic heterocycles. The first-order valence-electron chi connectivity index (χ1n) is 8.76. The molecule has 0 saturated carbocycles. The maximum Gasteiger partial charge on any atom is 0.341 e. The van der Waals surface area contributed by atoms with Gasteiger partial charge in [-0.2, -0.15) is 0 Å². The Labute approximate surface area is 163 Å². The van der Waals surface area contributed by atoms with E-state index in [9.17, 15) is 9.90 Å². The molecule has 0 radical (unpaired) electrons. The van der Waals surface area contributed by atoms with Gasteiger partial charge in [0.05, 0.1) is 19.0 Å². The van der Waals surface area contributed by atoms with Crippen LogP contribution in [0.15, 0.2) is 72.9 Å². The molecular weight excluding hydrogens is 358 g/mol. The van der Waals surface area contributed by atoms with Crippen molar-refractivity contribution >= 4 is 5.97 Å². The minimum absolute atomic E-state index is 0.127. The number of hydrogen-bond acceptors (Lipinski definition) is 6. The van der Waals surface area contributed by atoms with E-state index in [1.54, 1.807) is 0 Å². The van der Waals surface area contributed by atoms with Crippen LogP contribution >= 0.6 is 0 Å². The van der Waals surface area contributed by atoms with Crippen molar-refractivity contribution in [3.63, 3.8) is 0 Å². The third-order valence-electron chi connectivity index (χ3n) is 4.03. The maximum absolute atomic E-state index is 11.6. The van der Waals surface area contributed by atoms with Crippen LogP contribution in [-0.4, -0.2) is 23.2 Å². The van der Waals surface area contributed by atoms with Gasteiger partial charge < -0.3 is 19.3 Å². The summed E-state index contributed by atoms with van der Waals surface area (Å²) in [6, 6.07) is 20.8. The fraction of sp³-hybridized carbons (Fsp3) is 0.182. The van der Waals surface area contributed by atoms with Crippen molar-refractivity contribution in [3.05, 3.63) is 89.7 Å². The second-order valence-corrected chi connectivity index (χ2v) is 6.03. The standard InChI is InChI=1S/C22H21NO5/c1-26-22(25)21(24)18-12-19(27-14-16-8-4-2-5-9-16)20(13-23-18)28-15-17-10-6-3-7-11-17/h2-13,21,24H,14-15H2,1H3. The van der Waals surface area contributed by atoms with Crippen LogP contribution in [-0.2, 0) is 22.7 Å². The number of aliphatic hydroxyl groups is 1. The number of pyridine rings is 1. The second-order valence-electron chi connectivity index (χ2n) is 6.03. The molecule has 0 amide bonds. The van der Waals surface area contributed by atoms with Gasteiger partial charge in [0, 0.05) is 6.07 Å². The predicted molar refractivity (Wildman–Crippen MR) is 103 cm³/mol. The Kier molecular flexibility index (Phi) is 6.59. The van der Waals surface area contributed by atoms with E-state index in [1.165, 1.54) is 19.4 Å². The molecule has 3 aromatic rings. The zero-order chi connectivity index (χ0) is 19.8. The summed E-state index contributed by atoms with van der Waals surface area (Å²) in [5, 5.41) is 10.1. The molecule has 0 fully saturated rings. The second kappa shape index (κ2) is 9.53. The van der Waals surface area contributed by atoms with Crippen LogP contribution in [0.3, 0.4) is 0 Å². The predicted octanol–water partition coefficient (Wildman–Crippen LogP) is 3.45. The molecule has 0 spiro atoms. The van der Waals surface area contributed by atoms with Crippen LogP contribution in [0.2, 0.25) is 0 Å². The summed E-state index contributed by atoms with van der Waals surface area (Å²) in [7, 11) is 1.20. The van der Waals surface area contributed by atoms with Crippen LogP contribution in [0, 0.1) is 0 Å². The lowest BCUT2D eigenvalue weighted by molar-refractivity contribution is -0.150. The van der Waals surface area contributed by atoms with Crippen molar-refractivity contribution in [1.82, 2.24) is 4.98 Å². The lowest BCUT2D eigenvalue weighted by Gasteiger charge is -2.15. The number of benzene rings is 2. The molecule has 0 aliphatic carbocycles. The average Bonchev–Trinajstić information content (AvgIpc) is 2.76. The maximum atomic E-state index is 11.6. The molecule has 2 aromatic carbocycles. The summed E-state index contributed by atoms with van der Waals surface area (Å²) in [4.78, 5) is 15.7. The number of methoxy groups -OCH3 is 1. The fourth-order valence-electron chi connectivity index (χ4n) is 2.51. The van der Waals surface area contributed by atoms with Gasteiger partial charge in [0.1, 0.15) is 13.2 Å². The first kappa shape index (κ1) is 19.4. The van der Waals surface area contributed by atoms with Crippen molar-refractivity contribution in [1.29, 1.82) is 0 Å². The number of rotatable bonds is 8. The van der Waals surface area contributed by atoms with Crippen LogP contribution < -0.4 is 9.47 Å². The van der Waals surface area contributed by atoms with E-state index >= 15 is 0 Å². The van der Waals surface area contributed by atoms with Crippen LogP contribution in [0.25, 0.3) is 0 Å². The van der Waals surface area contributed by atoms with Crippen molar-refractivity contribution in [2.24, 2.45) is 0 Å². The average molecular weight is 379 g/mol. The summed E-state index contributed by atoms with van der Waals surface area (Å²) >= 11 is 0. The van der Waals surface area contributed by atoms with Gasteiger partial charge in [0.2, 0.25) is 0 Å². The molecule has 144 valence electrons. The molecule has 28 heavy (non-hydrogen) atoms. The molecular formula is C22H21NO5. The number of carbonyl (C=O) groups excluding carboxylic acids is 1. The van der Waals surface area contributed by atoms with E-state index in [0.717, 1.165) is 11.1 Å². The zero-order valence-electron chi connectivity index (χ0n) is 15.4. The Morgan fingerprint density at radius 1 is 0.929 bits per heavy atom. The van der Waals surface area contributed by atoms with E-state index in [4.69, 9.17) is 9.47 Å². The Balaban J connectivity index is 1.81. The quantitative estimate of drug-likeness (QED) is 0.604. The summed E-state index contributed by atoms with van der Waals surface area (Å²) in [6.07, 6.45) is -0.0580. The lowest BCUT2D eigenvalue weighted by atomic mass is 10.2. The number of esters is 1. The fourth-order valence-corrected chi connectivity index (χ4v) is 2.51. The highest BCUT2D eigenvalue weighted by atomic mass is 16.5. The van der Waals surface area contributed by atoms with Crippen molar-refractivity contribution in [3.8, 4) is 11.5 Å². The van der Waals surface area contributed by atoms with Gasteiger partial charge in [0.15, 0.2) is 17.6 Å². The molecule has 1 unspecified atom stereocenters. The molecule has 1 N–H and O–H groups in total. The van der Waals surface area contributed by atoms with E-state index in [0.29, 0.717) is 24.7 Å². The molecule has 1 heterocycles. The normalized spacial score (nSPS) is 11.5. The van der Waals surface area contributed by atoms with Gasteiger partial charge in [-0.05, 0) is 11.1 Å². The number of aliphatic hydroxyl groups excluding tert-OH is 1. The number of hydrogen-bond donors (Lipinski definition) is 1. The molecule has 1 atom stereocenters. The molecule has 0 saturated heterocycles. The van der Waals surface area contributed by atoms with Gasteiger partial charge in [-0.25, -0.2) is 4.79 Å². The SMILES string of the molecule is COC(=O)C(O)c1cc(OCc2ccccc2)c(OCc2ccccc2)cn1. The summed E-state index contributed by atoms with van der Waals surface area (Å²) in [6.45, 7) is 0.642. The Bertz CT molecular complexity index is 899. The van der Waals surface area contributed by atoms with Gasteiger partial charge in [-0.3, -0.25) is 4.98 Å². The zero-order valence-corrected chi connectivity index (χ0v) is 15.4. The monoisotopic (exact) mass is 379 g/mol. The summed E-state index contributed by atoms with van der Waals surface area (Å²) in [5.41, 5.74) is 2.10. The Hall–Kier alpha value is -3.38. The number of aromatic nitrogens is 1. The minimum Gasteiger partial charge on any atom is -0.485 e. The first-order chi connectivity index (χ1) is 13.7.